The van der Waals surface area contributed by atoms with Gasteiger partial charge in [-0.05, 0) is 53.6 Å². The second-order valence-corrected chi connectivity index (χ2v) is 6.80. The molecule has 0 saturated carbocycles. The van der Waals surface area contributed by atoms with Crippen LogP contribution in [0.3, 0.4) is 0 Å². The Kier molecular flexibility index (Phi) is 3.66. The second-order valence-electron chi connectivity index (χ2n) is 6.80. The summed E-state index contributed by atoms with van der Waals surface area (Å²) in [6, 6.07) is 15.5. The summed E-state index contributed by atoms with van der Waals surface area (Å²) in [6.45, 7) is 2.77. The van der Waals surface area contributed by atoms with Crippen LogP contribution in [0.25, 0.3) is 11.1 Å². The molecule has 0 unspecified atom stereocenters. The van der Waals surface area contributed by atoms with Crippen molar-refractivity contribution < 1.29 is 4.79 Å². The summed E-state index contributed by atoms with van der Waals surface area (Å²) in [5, 5.41) is 0. The van der Waals surface area contributed by atoms with E-state index in [1.165, 1.54) is 27.8 Å². The maximum absolute atomic E-state index is 11.4. The van der Waals surface area contributed by atoms with Gasteiger partial charge in [0.15, 0.2) is 0 Å². The Labute approximate surface area is 137 Å². The average molecular weight is 306 g/mol. The van der Waals surface area contributed by atoms with Crippen LogP contribution in [-0.4, -0.2) is 23.9 Å². The zero-order valence-corrected chi connectivity index (χ0v) is 13.3. The minimum Gasteiger partial charge on any atom is -0.369 e. The van der Waals surface area contributed by atoms with Crippen molar-refractivity contribution in [2.24, 2.45) is 11.7 Å². The summed E-state index contributed by atoms with van der Waals surface area (Å²) in [6.07, 6.45) is 3.03. The number of carbonyl (C=O) groups is 1. The van der Waals surface area contributed by atoms with Gasteiger partial charge in [-0.25, -0.2) is 0 Å². The highest BCUT2D eigenvalue weighted by Crippen LogP contribution is 2.36. The first-order valence-corrected chi connectivity index (χ1v) is 8.42. The van der Waals surface area contributed by atoms with Crippen molar-refractivity contribution in [2.45, 2.75) is 25.8 Å². The minimum absolute atomic E-state index is 0.0161. The third-order valence-electron chi connectivity index (χ3n) is 5.17. The molecule has 2 aromatic carbocycles. The number of likely N-dealkylation sites (tertiary alicyclic amines) is 1. The van der Waals surface area contributed by atoms with Gasteiger partial charge in [-0.15, -0.1) is 0 Å². The fourth-order valence-electron chi connectivity index (χ4n) is 3.99. The molecule has 0 bridgehead atoms. The van der Waals surface area contributed by atoms with Gasteiger partial charge in [0, 0.05) is 13.1 Å². The van der Waals surface area contributed by atoms with Gasteiger partial charge in [0.25, 0.3) is 0 Å². The van der Waals surface area contributed by atoms with Crippen molar-refractivity contribution in [1.82, 2.24) is 4.90 Å². The van der Waals surface area contributed by atoms with E-state index in [2.05, 4.69) is 47.4 Å². The Balaban J connectivity index is 1.51. The first-order valence-electron chi connectivity index (χ1n) is 8.42. The lowest BCUT2D eigenvalue weighted by atomic mass is 9.96. The van der Waals surface area contributed by atoms with Crippen LogP contribution >= 0.6 is 0 Å². The SMILES string of the molecule is NC(=O)[C@H]1CCCN(Cc2ccc3c(c2)Cc2ccccc2-3)C1. The maximum atomic E-state index is 11.4. The standard InChI is InChI=1S/C20H22N2O/c21-20(23)16-5-3-9-22(13-16)12-14-7-8-19-17(10-14)11-15-4-1-2-6-18(15)19/h1-2,4,6-8,10,16H,3,5,9,11-13H2,(H2,21,23)/t16-/m0/s1. The van der Waals surface area contributed by atoms with E-state index >= 15 is 0 Å². The van der Waals surface area contributed by atoms with Gasteiger partial charge < -0.3 is 5.73 Å². The summed E-state index contributed by atoms with van der Waals surface area (Å²) < 4.78 is 0. The van der Waals surface area contributed by atoms with Crippen LogP contribution in [-0.2, 0) is 17.8 Å². The molecule has 1 amide bonds. The highest BCUT2D eigenvalue weighted by Gasteiger charge is 2.24. The molecule has 1 aliphatic heterocycles. The van der Waals surface area contributed by atoms with Gasteiger partial charge in [0.05, 0.1) is 5.92 Å². The van der Waals surface area contributed by atoms with E-state index in [0.717, 1.165) is 38.9 Å². The van der Waals surface area contributed by atoms with Gasteiger partial charge in [0.2, 0.25) is 5.91 Å². The Morgan fingerprint density at radius 3 is 2.83 bits per heavy atom. The predicted molar refractivity (Wildman–Crippen MR) is 91.9 cm³/mol. The predicted octanol–water partition coefficient (Wildman–Crippen LogP) is 2.96. The number of hydrogen-bond acceptors (Lipinski definition) is 2. The number of nitrogens with zero attached hydrogens (tertiary/aromatic N) is 1. The summed E-state index contributed by atoms with van der Waals surface area (Å²) in [4.78, 5) is 13.8. The molecule has 0 radical (unpaired) electrons. The summed E-state index contributed by atoms with van der Waals surface area (Å²) in [5.41, 5.74) is 12.4. The fraction of sp³-hybridized carbons (Fsp3) is 0.350. The molecule has 4 rings (SSSR count). The van der Waals surface area contributed by atoms with Gasteiger partial charge >= 0.3 is 0 Å². The largest absolute Gasteiger partial charge is 0.369 e. The van der Waals surface area contributed by atoms with Crippen molar-refractivity contribution in [1.29, 1.82) is 0 Å². The quantitative estimate of drug-likeness (QED) is 0.808. The van der Waals surface area contributed by atoms with E-state index in [9.17, 15) is 4.79 Å². The molecule has 1 atom stereocenters. The molecule has 2 N–H and O–H groups in total. The molecule has 3 heteroatoms. The van der Waals surface area contributed by atoms with Crippen molar-refractivity contribution in [3.05, 3.63) is 59.2 Å². The third kappa shape index (κ3) is 2.77. The van der Waals surface area contributed by atoms with E-state index in [-0.39, 0.29) is 11.8 Å². The third-order valence-corrected chi connectivity index (χ3v) is 5.17. The van der Waals surface area contributed by atoms with Crippen LogP contribution in [0.5, 0.6) is 0 Å². The van der Waals surface area contributed by atoms with Crippen LogP contribution < -0.4 is 5.73 Å². The van der Waals surface area contributed by atoms with Crippen molar-refractivity contribution in [2.75, 3.05) is 13.1 Å². The molecular formula is C20H22N2O. The van der Waals surface area contributed by atoms with E-state index in [0.29, 0.717) is 0 Å². The zero-order valence-electron chi connectivity index (χ0n) is 13.3. The number of benzene rings is 2. The summed E-state index contributed by atoms with van der Waals surface area (Å²) in [7, 11) is 0. The van der Waals surface area contributed by atoms with Crippen molar-refractivity contribution >= 4 is 5.91 Å². The molecule has 2 aliphatic rings. The molecule has 1 heterocycles. The Hall–Kier alpha value is -2.13. The zero-order chi connectivity index (χ0) is 15.8. The molecule has 2 aromatic rings. The molecule has 1 aliphatic carbocycles. The van der Waals surface area contributed by atoms with Crippen molar-refractivity contribution in [3.8, 4) is 11.1 Å². The summed E-state index contributed by atoms with van der Waals surface area (Å²) in [5.74, 6) is -0.137. The first kappa shape index (κ1) is 14.5. The van der Waals surface area contributed by atoms with Gasteiger partial charge in [-0.1, -0.05) is 42.5 Å². The smallest absolute Gasteiger partial charge is 0.221 e. The Morgan fingerprint density at radius 2 is 1.96 bits per heavy atom. The number of hydrogen-bond donors (Lipinski definition) is 1. The molecule has 3 nitrogen and oxygen atoms in total. The van der Waals surface area contributed by atoms with Crippen LogP contribution in [0, 0.1) is 5.92 Å². The maximum Gasteiger partial charge on any atom is 0.221 e. The number of amides is 1. The lowest BCUT2D eigenvalue weighted by Gasteiger charge is -2.31. The molecular weight excluding hydrogens is 284 g/mol. The van der Waals surface area contributed by atoms with Crippen LogP contribution in [0.4, 0.5) is 0 Å². The highest BCUT2D eigenvalue weighted by atomic mass is 16.1. The fourth-order valence-corrected chi connectivity index (χ4v) is 3.99. The van der Waals surface area contributed by atoms with Crippen LogP contribution in [0.2, 0.25) is 0 Å². The minimum atomic E-state index is -0.154. The van der Waals surface area contributed by atoms with Crippen LogP contribution in [0.1, 0.15) is 29.5 Å². The Bertz CT molecular complexity index is 753. The lowest BCUT2D eigenvalue weighted by Crippen LogP contribution is -2.40. The summed E-state index contributed by atoms with van der Waals surface area (Å²) >= 11 is 0. The van der Waals surface area contributed by atoms with E-state index in [1.54, 1.807) is 0 Å². The average Bonchev–Trinajstić information content (AvgIpc) is 2.92. The van der Waals surface area contributed by atoms with E-state index in [4.69, 9.17) is 5.73 Å². The molecule has 118 valence electrons. The first-order chi connectivity index (χ1) is 11.2. The van der Waals surface area contributed by atoms with Crippen LogP contribution in [0.15, 0.2) is 42.5 Å². The van der Waals surface area contributed by atoms with Crippen molar-refractivity contribution in [3.63, 3.8) is 0 Å². The normalized spacial score (nSPS) is 20.1. The lowest BCUT2D eigenvalue weighted by molar-refractivity contribution is -0.123. The monoisotopic (exact) mass is 306 g/mol. The second kappa shape index (κ2) is 5.82. The molecule has 1 fully saturated rings. The number of carbonyl (C=O) groups excluding carboxylic acids is 1. The molecule has 1 saturated heterocycles. The van der Waals surface area contributed by atoms with Gasteiger partial charge in [-0.3, -0.25) is 9.69 Å². The molecule has 23 heavy (non-hydrogen) atoms. The number of fused-ring (bicyclic) bond motifs is 3. The molecule has 0 aromatic heterocycles. The molecule has 0 spiro atoms. The van der Waals surface area contributed by atoms with Gasteiger partial charge in [-0.2, -0.15) is 0 Å². The number of rotatable bonds is 3. The number of nitrogens with two attached hydrogens (primary N) is 1. The number of primary amides is 1. The van der Waals surface area contributed by atoms with Gasteiger partial charge in [0.1, 0.15) is 0 Å². The highest BCUT2D eigenvalue weighted by molar-refractivity contribution is 5.77. The van der Waals surface area contributed by atoms with E-state index < -0.39 is 0 Å². The topological polar surface area (TPSA) is 46.3 Å². The Morgan fingerprint density at radius 1 is 1.13 bits per heavy atom. The van der Waals surface area contributed by atoms with E-state index in [1.807, 2.05) is 0 Å². The number of piperidine rings is 1.